The molecule has 4 rings (SSSR count). The Morgan fingerprint density at radius 3 is 2.04 bits per heavy atom. The molecule has 0 aromatic heterocycles. The molecule has 1 saturated heterocycles. The number of nitrogens with zero attached hydrogens (tertiary/aromatic N) is 1. The molecule has 2 aliphatic rings. The molecule has 6 heteroatoms. The number of rotatable bonds is 4. The Morgan fingerprint density at radius 1 is 1.04 bits per heavy atom. The van der Waals surface area contributed by atoms with Gasteiger partial charge in [0.2, 0.25) is 5.91 Å². The first-order valence-electron chi connectivity index (χ1n) is 9.11. The zero-order valence-corrected chi connectivity index (χ0v) is 14.9. The van der Waals surface area contributed by atoms with Crippen LogP contribution in [0.25, 0.3) is 11.1 Å². The summed E-state index contributed by atoms with van der Waals surface area (Å²) in [6, 6.07) is 16.0. The molecule has 27 heavy (non-hydrogen) atoms. The minimum Gasteiger partial charge on any atom is -0.465 e. The lowest BCUT2D eigenvalue weighted by molar-refractivity contribution is -0.135. The van der Waals surface area contributed by atoms with Crippen molar-refractivity contribution >= 4 is 12.0 Å². The fraction of sp³-hybridized carbons (Fsp3) is 0.333. The Hall–Kier alpha value is -2.86. The van der Waals surface area contributed by atoms with Gasteiger partial charge in [0.25, 0.3) is 0 Å². The number of benzene rings is 2. The largest absolute Gasteiger partial charge is 0.465 e. The van der Waals surface area contributed by atoms with Crippen molar-refractivity contribution < 1.29 is 19.4 Å². The van der Waals surface area contributed by atoms with E-state index >= 15 is 0 Å². The van der Waals surface area contributed by atoms with Crippen LogP contribution in [-0.4, -0.2) is 47.3 Å². The molecule has 1 fully saturated rings. The first-order chi connectivity index (χ1) is 13.0. The van der Waals surface area contributed by atoms with Crippen LogP contribution in [0.3, 0.4) is 0 Å². The predicted octanol–water partition coefficient (Wildman–Crippen LogP) is 2.81. The summed E-state index contributed by atoms with van der Waals surface area (Å²) < 4.78 is 5.36. The van der Waals surface area contributed by atoms with Crippen LogP contribution in [0.4, 0.5) is 4.79 Å². The van der Waals surface area contributed by atoms with Gasteiger partial charge in [-0.2, -0.15) is 0 Å². The van der Waals surface area contributed by atoms with Gasteiger partial charge in [0.1, 0.15) is 5.54 Å². The SMILES string of the molecule is NC(=O)C1(N(CC2c3ccccc3-c3ccccc32)C(=O)O)CCOCC1. The van der Waals surface area contributed by atoms with E-state index in [-0.39, 0.29) is 25.3 Å². The monoisotopic (exact) mass is 366 g/mol. The third kappa shape index (κ3) is 2.77. The van der Waals surface area contributed by atoms with Gasteiger partial charge in [0.05, 0.1) is 0 Å². The quantitative estimate of drug-likeness (QED) is 0.870. The van der Waals surface area contributed by atoms with Crippen molar-refractivity contribution in [1.29, 1.82) is 0 Å². The van der Waals surface area contributed by atoms with Gasteiger partial charge < -0.3 is 15.6 Å². The van der Waals surface area contributed by atoms with E-state index in [1.165, 1.54) is 4.90 Å². The highest BCUT2D eigenvalue weighted by molar-refractivity contribution is 5.89. The maximum Gasteiger partial charge on any atom is 0.408 e. The molecular formula is C21H22N2O4. The lowest BCUT2D eigenvalue weighted by Crippen LogP contribution is -2.62. The summed E-state index contributed by atoms with van der Waals surface area (Å²) >= 11 is 0. The molecule has 2 aromatic rings. The molecule has 1 aliphatic heterocycles. The second-order valence-corrected chi connectivity index (χ2v) is 7.13. The molecule has 1 aliphatic carbocycles. The van der Waals surface area contributed by atoms with Crippen LogP contribution in [0.15, 0.2) is 48.5 Å². The van der Waals surface area contributed by atoms with Crippen LogP contribution in [0.2, 0.25) is 0 Å². The average molecular weight is 366 g/mol. The van der Waals surface area contributed by atoms with E-state index in [0.717, 1.165) is 22.3 Å². The second kappa shape index (κ2) is 6.70. The van der Waals surface area contributed by atoms with Gasteiger partial charge in [0, 0.05) is 38.5 Å². The van der Waals surface area contributed by atoms with Gasteiger partial charge in [-0.25, -0.2) is 4.79 Å². The Balaban J connectivity index is 1.77. The molecule has 1 heterocycles. The minimum atomic E-state index is -1.23. The summed E-state index contributed by atoms with van der Waals surface area (Å²) in [5, 5.41) is 9.97. The van der Waals surface area contributed by atoms with Crippen molar-refractivity contribution in [3.05, 3.63) is 59.7 Å². The predicted molar refractivity (Wildman–Crippen MR) is 100 cm³/mol. The summed E-state index contributed by atoms with van der Waals surface area (Å²) in [7, 11) is 0. The lowest BCUT2D eigenvalue weighted by atomic mass is 9.85. The summed E-state index contributed by atoms with van der Waals surface area (Å²) in [5.41, 5.74) is 8.87. The van der Waals surface area contributed by atoms with Crippen molar-refractivity contribution in [2.75, 3.05) is 19.8 Å². The Labute approximate surface area is 157 Å². The number of fused-ring (bicyclic) bond motifs is 3. The van der Waals surface area contributed by atoms with Crippen LogP contribution >= 0.6 is 0 Å². The summed E-state index contributed by atoms with van der Waals surface area (Å²) in [4.78, 5) is 25.8. The van der Waals surface area contributed by atoms with Crippen LogP contribution < -0.4 is 5.73 Å². The molecule has 0 spiro atoms. The van der Waals surface area contributed by atoms with Crippen molar-refractivity contribution in [3.63, 3.8) is 0 Å². The second-order valence-electron chi connectivity index (χ2n) is 7.13. The fourth-order valence-corrected chi connectivity index (χ4v) is 4.43. The number of carbonyl (C=O) groups is 2. The van der Waals surface area contributed by atoms with Gasteiger partial charge in [-0.15, -0.1) is 0 Å². The van der Waals surface area contributed by atoms with Crippen LogP contribution in [0.1, 0.15) is 29.9 Å². The zero-order valence-electron chi connectivity index (χ0n) is 14.9. The topological polar surface area (TPSA) is 92.9 Å². The number of nitrogens with two attached hydrogens (primary N) is 1. The van der Waals surface area contributed by atoms with E-state index in [9.17, 15) is 14.7 Å². The van der Waals surface area contributed by atoms with Gasteiger partial charge in [-0.05, 0) is 22.3 Å². The molecule has 3 N–H and O–H groups in total. The number of ether oxygens (including phenoxy) is 1. The van der Waals surface area contributed by atoms with E-state index in [1.54, 1.807) is 0 Å². The van der Waals surface area contributed by atoms with Gasteiger partial charge in [-0.3, -0.25) is 9.69 Å². The highest BCUT2D eigenvalue weighted by atomic mass is 16.5. The van der Waals surface area contributed by atoms with E-state index < -0.39 is 17.5 Å². The molecule has 140 valence electrons. The standard InChI is InChI=1S/C21H22N2O4/c22-19(24)21(9-11-27-12-10-21)23(20(25)26)13-18-16-7-3-1-5-14(16)15-6-2-4-8-17(15)18/h1-8,18H,9-13H2,(H2,22,24)(H,25,26). The molecule has 0 atom stereocenters. The van der Waals surface area contributed by atoms with Crippen molar-refractivity contribution in [3.8, 4) is 11.1 Å². The van der Waals surface area contributed by atoms with Crippen molar-refractivity contribution in [2.45, 2.75) is 24.3 Å². The van der Waals surface area contributed by atoms with Gasteiger partial charge >= 0.3 is 6.09 Å². The minimum absolute atomic E-state index is 0.132. The number of carboxylic acid groups (broad SMARTS) is 1. The maximum absolute atomic E-state index is 12.3. The third-order valence-corrected chi connectivity index (χ3v) is 5.85. The number of carbonyl (C=O) groups excluding carboxylic acids is 1. The normalized spacial score (nSPS) is 17.8. The van der Waals surface area contributed by atoms with Gasteiger partial charge in [-0.1, -0.05) is 48.5 Å². The van der Waals surface area contributed by atoms with E-state index in [1.807, 2.05) is 36.4 Å². The molecule has 2 amide bonds. The molecule has 0 radical (unpaired) electrons. The Bertz CT molecular complexity index is 844. The molecule has 0 bridgehead atoms. The number of hydrogen-bond acceptors (Lipinski definition) is 3. The number of amides is 2. The smallest absolute Gasteiger partial charge is 0.408 e. The number of hydrogen-bond donors (Lipinski definition) is 2. The fourth-order valence-electron chi connectivity index (χ4n) is 4.43. The summed E-state index contributed by atoms with van der Waals surface area (Å²) in [6.45, 7) is 0.835. The summed E-state index contributed by atoms with van der Waals surface area (Å²) in [6.07, 6.45) is -0.562. The molecule has 6 nitrogen and oxygen atoms in total. The highest BCUT2D eigenvalue weighted by Gasteiger charge is 2.48. The zero-order chi connectivity index (χ0) is 19.0. The van der Waals surface area contributed by atoms with Crippen LogP contribution in [-0.2, 0) is 9.53 Å². The van der Waals surface area contributed by atoms with Gasteiger partial charge in [0.15, 0.2) is 0 Å². The lowest BCUT2D eigenvalue weighted by Gasteiger charge is -2.43. The first-order valence-corrected chi connectivity index (χ1v) is 9.11. The average Bonchev–Trinajstić information content (AvgIpc) is 3.00. The molecule has 0 saturated carbocycles. The first kappa shape index (κ1) is 17.5. The molecule has 2 aromatic carbocycles. The van der Waals surface area contributed by atoms with E-state index in [4.69, 9.17) is 10.5 Å². The van der Waals surface area contributed by atoms with Crippen LogP contribution in [0.5, 0.6) is 0 Å². The third-order valence-electron chi connectivity index (χ3n) is 5.85. The van der Waals surface area contributed by atoms with Crippen molar-refractivity contribution in [1.82, 2.24) is 4.90 Å². The van der Waals surface area contributed by atoms with E-state index in [2.05, 4.69) is 12.1 Å². The molecule has 0 unspecified atom stereocenters. The molecular weight excluding hydrogens is 344 g/mol. The van der Waals surface area contributed by atoms with E-state index in [0.29, 0.717) is 13.2 Å². The Kier molecular flexibility index (Phi) is 4.36. The Morgan fingerprint density at radius 2 is 1.56 bits per heavy atom. The van der Waals surface area contributed by atoms with Crippen molar-refractivity contribution in [2.24, 2.45) is 5.73 Å². The summed E-state index contributed by atoms with van der Waals surface area (Å²) in [5.74, 6) is -0.736. The highest BCUT2D eigenvalue weighted by Crippen LogP contribution is 2.45. The number of primary amides is 1. The van der Waals surface area contributed by atoms with Crippen LogP contribution in [0, 0.1) is 0 Å². The maximum atomic E-state index is 12.3.